The van der Waals surface area contributed by atoms with Gasteiger partial charge in [-0.3, -0.25) is 14.6 Å². The van der Waals surface area contributed by atoms with Crippen molar-refractivity contribution in [2.75, 3.05) is 19.6 Å². The summed E-state index contributed by atoms with van der Waals surface area (Å²) in [7, 11) is 0. The van der Waals surface area contributed by atoms with E-state index in [1.54, 1.807) is 4.90 Å². The summed E-state index contributed by atoms with van der Waals surface area (Å²) < 4.78 is 0. The fourth-order valence-electron chi connectivity index (χ4n) is 4.77. The first kappa shape index (κ1) is 34.1. The monoisotopic (exact) mass is 614 g/mol. The highest BCUT2D eigenvalue weighted by molar-refractivity contribution is 5.92. The predicted molar refractivity (Wildman–Crippen MR) is 169 cm³/mol. The molecule has 12 heteroatoms. The van der Waals surface area contributed by atoms with Gasteiger partial charge < -0.3 is 42.2 Å². The van der Waals surface area contributed by atoms with Crippen LogP contribution in [-0.4, -0.2) is 60.4 Å². The van der Waals surface area contributed by atoms with E-state index in [1.165, 1.54) is 0 Å². The van der Waals surface area contributed by atoms with Crippen LogP contribution in [0, 0.1) is 0 Å². The molecule has 12 nitrogen and oxygen atoms in total. The number of carbonyl (C=O) groups excluding carboxylic acids is 4. The van der Waals surface area contributed by atoms with E-state index in [4.69, 9.17) is 21.4 Å². The quantitative estimate of drug-likeness (QED) is 0.107. The number of amides is 4. The van der Waals surface area contributed by atoms with E-state index < -0.39 is 17.9 Å². The Labute approximate surface area is 262 Å². The molecule has 0 aliphatic carbocycles. The van der Waals surface area contributed by atoms with E-state index in [9.17, 15) is 14.4 Å². The fraction of sp³-hybridized carbons (Fsp3) is 0.303. The summed E-state index contributed by atoms with van der Waals surface area (Å²) in [4.78, 5) is 53.5. The van der Waals surface area contributed by atoms with Crippen molar-refractivity contribution in [2.45, 2.75) is 44.8 Å². The van der Waals surface area contributed by atoms with Crippen molar-refractivity contribution in [3.63, 3.8) is 0 Å². The normalized spacial score (nSPS) is 12.8. The molecule has 1 fully saturated rings. The number of nitrogens with zero attached hydrogens (tertiary/aromatic N) is 2. The Morgan fingerprint density at radius 3 is 1.98 bits per heavy atom. The Bertz CT molecular complexity index is 1390. The van der Waals surface area contributed by atoms with Crippen molar-refractivity contribution >= 4 is 29.8 Å². The van der Waals surface area contributed by atoms with Gasteiger partial charge in [0.05, 0.1) is 5.92 Å². The van der Waals surface area contributed by atoms with E-state index >= 15 is 0 Å². The topological polar surface area (TPSA) is 195 Å². The highest BCUT2D eigenvalue weighted by Gasteiger charge is 2.27. The summed E-state index contributed by atoms with van der Waals surface area (Å²) in [5.41, 5.74) is 14.5. The van der Waals surface area contributed by atoms with Crippen LogP contribution in [0.2, 0.25) is 0 Å². The van der Waals surface area contributed by atoms with Gasteiger partial charge in [-0.05, 0) is 42.0 Å². The number of hydrogen-bond acceptors (Lipinski definition) is 6. The van der Waals surface area contributed by atoms with Crippen LogP contribution in [-0.2, 0) is 27.5 Å². The van der Waals surface area contributed by atoms with E-state index in [1.807, 2.05) is 84.9 Å². The molecule has 0 unspecified atom stereocenters. The van der Waals surface area contributed by atoms with Crippen LogP contribution in [0.5, 0.6) is 0 Å². The number of urea groups is 1. The van der Waals surface area contributed by atoms with E-state index in [-0.39, 0.29) is 23.8 Å². The Balaban J connectivity index is 0.00000130. The van der Waals surface area contributed by atoms with Crippen LogP contribution < -0.4 is 32.5 Å². The number of benzene rings is 3. The van der Waals surface area contributed by atoms with Crippen LogP contribution in [0.4, 0.5) is 4.79 Å². The zero-order valence-corrected chi connectivity index (χ0v) is 25.3. The van der Waals surface area contributed by atoms with Crippen LogP contribution in [0.3, 0.4) is 0 Å². The number of guanidine groups is 1. The molecule has 0 aromatic heterocycles. The van der Waals surface area contributed by atoms with Gasteiger partial charge in [0.25, 0.3) is 0 Å². The first-order chi connectivity index (χ1) is 21.6. The molecular formula is C33H40N7O5-. The van der Waals surface area contributed by atoms with Crippen molar-refractivity contribution in [3.05, 3.63) is 107 Å². The Hall–Kier alpha value is -5.39. The third-order valence-electron chi connectivity index (χ3n) is 6.91. The Morgan fingerprint density at radius 1 is 0.911 bits per heavy atom. The number of carboxylic acid groups (broad SMARTS) is 1. The van der Waals surface area contributed by atoms with Crippen molar-refractivity contribution in [3.8, 4) is 0 Å². The molecule has 0 bridgehead atoms. The zero-order chi connectivity index (χ0) is 32.6. The van der Waals surface area contributed by atoms with Crippen molar-refractivity contribution < 1.29 is 24.3 Å². The molecule has 0 saturated carbocycles. The second-order valence-electron chi connectivity index (χ2n) is 10.4. The highest BCUT2D eigenvalue weighted by Crippen LogP contribution is 2.25. The molecule has 7 N–H and O–H groups in total. The number of carboxylic acids is 1. The van der Waals surface area contributed by atoms with Gasteiger partial charge in [-0.2, -0.15) is 0 Å². The SMILES string of the molecule is CC(=O)[O-].NC(N)=NCCC[C@@H](NC(=O)C(c1ccccc1)c1ccccc1)C(=O)NCc1ccc(CN2CCNC2=O)cc1. The molecule has 1 heterocycles. The third kappa shape index (κ3) is 11.7. The predicted octanol–water partition coefficient (Wildman–Crippen LogP) is 0.955. The maximum atomic E-state index is 13.7. The molecule has 3 aromatic rings. The average molecular weight is 615 g/mol. The van der Waals surface area contributed by atoms with Crippen LogP contribution in [0.15, 0.2) is 89.9 Å². The molecule has 45 heavy (non-hydrogen) atoms. The van der Waals surface area contributed by atoms with Gasteiger partial charge in [0.2, 0.25) is 11.8 Å². The van der Waals surface area contributed by atoms with Crippen molar-refractivity contribution in [2.24, 2.45) is 16.5 Å². The van der Waals surface area contributed by atoms with Crippen molar-refractivity contribution in [1.29, 1.82) is 0 Å². The molecule has 3 aromatic carbocycles. The molecule has 4 rings (SSSR count). The fourth-order valence-corrected chi connectivity index (χ4v) is 4.77. The summed E-state index contributed by atoms with van der Waals surface area (Å²) in [6.45, 7) is 3.49. The maximum absolute atomic E-state index is 13.7. The number of nitrogens with two attached hydrogens (primary N) is 2. The van der Waals surface area contributed by atoms with E-state index in [2.05, 4.69) is 20.9 Å². The molecule has 238 valence electrons. The van der Waals surface area contributed by atoms with Crippen molar-refractivity contribution in [1.82, 2.24) is 20.9 Å². The zero-order valence-electron chi connectivity index (χ0n) is 25.3. The molecule has 4 amide bonds. The minimum atomic E-state index is -1.08. The van der Waals surface area contributed by atoms with Gasteiger partial charge in [0.15, 0.2) is 5.96 Å². The van der Waals surface area contributed by atoms with Crippen LogP contribution in [0.25, 0.3) is 0 Å². The van der Waals surface area contributed by atoms with Gasteiger partial charge in [0.1, 0.15) is 6.04 Å². The highest BCUT2D eigenvalue weighted by atomic mass is 16.4. The molecule has 0 spiro atoms. The first-order valence-electron chi connectivity index (χ1n) is 14.7. The molecule has 1 aliphatic heterocycles. The average Bonchev–Trinajstić information content (AvgIpc) is 3.42. The van der Waals surface area contributed by atoms with Gasteiger partial charge in [-0.25, -0.2) is 4.79 Å². The van der Waals surface area contributed by atoms with Crippen LogP contribution in [0.1, 0.15) is 47.9 Å². The van der Waals surface area contributed by atoms with Gasteiger partial charge in [-0.1, -0.05) is 84.9 Å². The minimum Gasteiger partial charge on any atom is -0.550 e. The summed E-state index contributed by atoms with van der Waals surface area (Å²) in [5, 5.41) is 17.6. The Morgan fingerprint density at radius 2 is 1.47 bits per heavy atom. The second-order valence-corrected chi connectivity index (χ2v) is 10.4. The molecular weight excluding hydrogens is 574 g/mol. The summed E-state index contributed by atoms with van der Waals surface area (Å²) in [6, 6.07) is 25.9. The summed E-state index contributed by atoms with van der Waals surface area (Å²) in [5.74, 6) is -2.23. The van der Waals surface area contributed by atoms with E-state index in [0.717, 1.165) is 29.2 Å². The number of carbonyl (C=O) groups is 4. The maximum Gasteiger partial charge on any atom is 0.317 e. The lowest BCUT2D eigenvalue weighted by molar-refractivity contribution is -0.302. The molecule has 1 aliphatic rings. The smallest absolute Gasteiger partial charge is 0.317 e. The second kappa shape index (κ2) is 17.7. The number of nitrogens with one attached hydrogen (secondary N) is 3. The molecule has 0 radical (unpaired) electrons. The third-order valence-corrected chi connectivity index (χ3v) is 6.91. The largest absolute Gasteiger partial charge is 0.550 e. The molecule has 1 saturated heterocycles. The van der Waals surface area contributed by atoms with Gasteiger partial charge >= 0.3 is 6.03 Å². The number of rotatable bonds is 13. The Kier molecular flexibility index (Phi) is 13.4. The number of aliphatic imine (C=N–C) groups is 1. The lowest BCUT2D eigenvalue weighted by atomic mass is 9.90. The van der Waals surface area contributed by atoms with Gasteiger partial charge in [0, 0.05) is 38.7 Å². The van der Waals surface area contributed by atoms with Crippen LogP contribution >= 0.6 is 0 Å². The summed E-state index contributed by atoms with van der Waals surface area (Å²) >= 11 is 0. The first-order valence-corrected chi connectivity index (χ1v) is 14.7. The lowest BCUT2D eigenvalue weighted by Crippen LogP contribution is -2.48. The van der Waals surface area contributed by atoms with E-state index in [0.29, 0.717) is 45.6 Å². The summed E-state index contributed by atoms with van der Waals surface area (Å²) in [6.07, 6.45) is 0.873. The minimum absolute atomic E-state index is 0.0166. The lowest BCUT2D eigenvalue weighted by Gasteiger charge is -2.23. The number of hydrogen-bond donors (Lipinski definition) is 5. The number of aliphatic carboxylic acids is 1. The van der Waals surface area contributed by atoms with Gasteiger partial charge in [-0.15, -0.1) is 0 Å². The molecule has 1 atom stereocenters. The standard InChI is InChI=1S/C31H37N7O3.C2H4O2/c32-30(33)34-17-7-12-26(37-29(40)27(24-8-3-1-4-9-24)25-10-5-2-6-11-25)28(39)36-20-22-13-15-23(16-14-22)21-38-19-18-35-31(38)41;1-2(3)4/h1-6,8-11,13-16,26-27H,7,12,17-21H2,(H,35,41)(H,36,39)(H,37,40)(H4,32,33,34);1H3,(H,3,4)/p-1/t26-;/m1./s1.